The molecule has 0 saturated carbocycles. The van der Waals surface area contributed by atoms with Crippen molar-refractivity contribution in [3.63, 3.8) is 0 Å². The molecule has 0 bridgehead atoms. The largest absolute Gasteiger partial charge is 0.0842 e. The molecule has 0 heterocycles. The van der Waals surface area contributed by atoms with Crippen molar-refractivity contribution in [2.75, 3.05) is 0 Å². The molecule has 1 rings (SSSR count). The summed E-state index contributed by atoms with van der Waals surface area (Å²) < 4.78 is 0. The monoisotopic (exact) mass is 286 g/mol. The van der Waals surface area contributed by atoms with Crippen LogP contribution in [0.3, 0.4) is 0 Å². The highest BCUT2D eigenvalue weighted by atomic mass is 79.9. The summed E-state index contributed by atoms with van der Waals surface area (Å²) in [6.45, 7) is 2.00. The van der Waals surface area contributed by atoms with Gasteiger partial charge in [-0.2, -0.15) is 0 Å². The van der Waals surface area contributed by atoms with Crippen molar-refractivity contribution in [1.82, 2.24) is 0 Å². The van der Waals surface area contributed by atoms with E-state index in [4.69, 9.17) is 34.8 Å². The molecule has 0 nitrogen and oxygen atoms in total. The summed E-state index contributed by atoms with van der Waals surface area (Å²) in [6, 6.07) is 3.60. The summed E-state index contributed by atoms with van der Waals surface area (Å²) in [7, 11) is 0. The Morgan fingerprint density at radius 2 is 1.58 bits per heavy atom. The lowest BCUT2D eigenvalue weighted by atomic mass is 10.2. The van der Waals surface area contributed by atoms with Crippen LogP contribution in [0.1, 0.15) is 17.3 Å². The Hall–Kier alpha value is 0.570. The SMILES string of the molecule is CC(Br)c1cc(Cl)c(Cl)c(Cl)c1. The van der Waals surface area contributed by atoms with E-state index in [1.165, 1.54) is 0 Å². The van der Waals surface area contributed by atoms with Crippen LogP contribution >= 0.6 is 50.7 Å². The minimum atomic E-state index is 0.227. The van der Waals surface area contributed by atoms with Crippen LogP contribution in [0.4, 0.5) is 0 Å². The Morgan fingerprint density at radius 3 is 1.92 bits per heavy atom. The molecule has 1 unspecified atom stereocenters. The fraction of sp³-hybridized carbons (Fsp3) is 0.250. The van der Waals surface area contributed by atoms with Crippen LogP contribution in [0, 0.1) is 0 Å². The molecule has 0 amide bonds. The van der Waals surface area contributed by atoms with Gasteiger partial charge in [-0.3, -0.25) is 0 Å². The topological polar surface area (TPSA) is 0 Å². The first-order valence-corrected chi connectivity index (χ1v) is 5.36. The lowest BCUT2D eigenvalue weighted by Gasteiger charge is -2.06. The van der Waals surface area contributed by atoms with Crippen LogP contribution in [0.5, 0.6) is 0 Å². The van der Waals surface area contributed by atoms with E-state index in [-0.39, 0.29) is 4.83 Å². The fourth-order valence-corrected chi connectivity index (χ4v) is 1.68. The Labute approximate surface area is 94.9 Å². The number of hydrogen-bond donors (Lipinski definition) is 0. The van der Waals surface area contributed by atoms with Gasteiger partial charge in [0.25, 0.3) is 0 Å². The second-order valence-electron chi connectivity index (χ2n) is 2.41. The molecule has 0 aromatic heterocycles. The van der Waals surface area contributed by atoms with Gasteiger partial charge in [0.1, 0.15) is 0 Å². The van der Waals surface area contributed by atoms with E-state index in [9.17, 15) is 0 Å². The van der Waals surface area contributed by atoms with Crippen molar-refractivity contribution in [3.8, 4) is 0 Å². The first-order chi connectivity index (χ1) is 5.52. The molecular formula is C8H6BrCl3. The van der Waals surface area contributed by atoms with E-state index >= 15 is 0 Å². The van der Waals surface area contributed by atoms with Crippen molar-refractivity contribution >= 4 is 50.7 Å². The fourth-order valence-electron chi connectivity index (χ4n) is 0.805. The van der Waals surface area contributed by atoms with Crippen LogP contribution in [0.25, 0.3) is 0 Å². The number of rotatable bonds is 1. The Balaban J connectivity index is 3.21. The van der Waals surface area contributed by atoms with E-state index in [0.29, 0.717) is 15.1 Å². The van der Waals surface area contributed by atoms with Crippen molar-refractivity contribution in [2.45, 2.75) is 11.8 Å². The maximum atomic E-state index is 5.83. The average Bonchev–Trinajstić information content (AvgIpc) is 1.99. The highest BCUT2D eigenvalue weighted by Gasteiger charge is 2.08. The predicted molar refractivity (Wildman–Crippen MR) is 58.8 cm³/mol. The van der Waals surface area contributed by atoms with Crippen molar-refractivity contribution in [2.24, 2.45) is 0 Å². The molecule has 1 aromatic rings. The molecular weight excluding hydrogens is 282 g/mol. The summed E-state index contributed by atoms with van der Waals surface area (Å²) >= 11 is 20.8. The second kappa shape index (κ2) is 4.19. The van der Waals surface area contributed by atoms with Gasteiger partial charge in [0.15, 0.2) is 0 Å². The van der Waals surface area contributed by atoms with Gasteiger partial charge in [0, 0.05) is 4.83 Å². The van der Waals surface area contributed by atoms with Crippen molar-refractivity contribution in [1.29, 1.82) is 0 Å². The highest BCUT2D eigenvalue weighted by molar-refractivity contribution is 9.09. The quantitative estimate of drug-likeness (QED) is 0.498. The second-order valence-corrected chi connectivity index (χ2v) is 4.98. The molecule has 0 aliphatic rings. The van der Waals surface area contributed by atoms with Gasteiger partial charge < -0.3 is 0 Å². The number of hydrogen-bond acceptors (Lipinski definition) is 0. The predicted octanol–water partition coefficient (Wildman–Crippen LogP) is 5.10. The number of alkyl halides is 1. The van der Waals surface area contributed by atoms with E-state index in [1.54, 1.807) is 12.1 Å². The third-order valence-electron chi connectivity index (χ3n) is 1.47. The van der Waals surface area contributed by atoms with Crippen LogP contribution in [0.15, 0.2) is 12.1 Å². The summed E-state index contributed by atoms with van der Waals surface area (Å²) in [5, 5.41) is 1.39. The molecule has 1 atom stereocenters. The van der Waals surface area contributed by atoms with Crippen molar-refractivity contribution in [3.05, 3.63) is 32.8 Å². The molecule has 1 aromatic carbocycles. The summed E-state index contributed by atoms with van der Waals surface area (Å²) in [5.74, 6) is 0. The van der Waals surface area contributed by atoms with E-state index in [0.717, 1.165) is 5.56 Å². The van der Waals surface area contributed by atoms with Crippen LogP contribution < -0.4 is 0 Å². The maximum absolute atomic E-state index is 5.83. The molecule has 0 spiro atoms. The van der Waals surface area contributed by atoms with E-state index in [2.05, 4.69) is 15.9 Å². The van der Waals surface area contributed by atoms with Gasteiger partial charge in [-0.25, -0.2) is 0 Å². The zero-order valence-corrected chi connectivity index (χ0v) is 10.1. The first-order valence-electron chi connectivity index (χ1n) is 3.31. The molecule has 12 heavy (non-hydrogen) atoms. The molecule has 0 N–H and O–H groups in total. The zero-order valence-electron chi connectivity index (χ0n) is 6.24. The third kappa shape index (κ3) is 2.29. The molecule has 0 saturated heterocycles. The van der Waals surface area contributed by atoms with Crippen LogP contribution in [0.2, 0.25) is 15.1 Å². The van der Waals surface area contributed by atoms with E-state index in [1.807, 2.05) is 6.92 Å². The lowest BCUT2D eigenvalue weighted by molar-refractivity contribution is 1.12. The highest BCUT2D eigenvalue weighted by Crippen LogP contribution is 2.34. The molecule has 4 heteroatoms. The standard InChI is InChI=1S/C8H6BrCl3/c1-4(9)5-2-6(10)8(12)7(11)3-5/h2-4H,1H3. The van der Waals surface area contributed by atoms with Gasteiger partial charge in [-0.15, -0.1) is 0 Å². The Morgan fingerprint density at radius 1 is 1.17 bits per heavy atom. The van der Waals surface area contributed by atoms with Gasteiger partial charge >= 0.3 is 0 Å². The third-order valence-corrected chi connectivity index (χ3v) is 3.19. The average molecular weight is 288 g/mol. The van der Waals surface area contributed by atoms with Gasteiger partial charge in [0.2, 0.25) is 0 Å². The maximum Gasteiger partial charge on any atom is 0.0778 e. The Kier molecular flexibility index (Phi) is 3.72. The van der Waals surface area contributed by atoms with Gasteiger partial charge in [-0.05, 0) is 24.6 Å². The summed E-state index contributed by atoms with van der Waals surface area (Å²) in [6.07, 6.45) is 0. The van der Waals surface area contributed by atoms with Gasteiger partial charge in [0.05, 0.1) is 15.1 Å². The molecule has 0 aliphatic carbocycles. The number of halogens is 4. The van der Waals surface area contributed by atoms with Crippen molar-refractivity contribution < 1.29 is 0 Å². The molecule has 0 fully saturated rings. The summed E-state index contributed by atoms with van der Waals surface area (Å²) in [4.78, 5) is 0.227. The van der Waals surface area contributed by atoms with Crippen LogP contribution in [-0.2, 0) is 0 Å². The lowest BCUT2D eigenvalue weighted by Crippen LogP contribution is -1.84. The number of benzene rings is 1. The summed E-state index contributed by atoms with van der Waals surface area (Å²) in [5.41, 5.74) is 1.02. The smallest absolute Gasteiger partial charge is 0.0778 e. The first kappa shape index (κ1) is 10.6. The minimum Gasteiger partial charge on any atom is -0.0842 e. The van der Waals surface area contributed by atoms with Gasteiger partial charge in [-0.1, -0.05) is 50.7 Å². The Bertz CT molecular complexity index is 273. The minimum absolute atomic E-state index is 0.227. The normalized spacial score (nSPS) is 13.1. The molecule has 0 radical (unpaired) electrons. The molecule has 0 aliphatic heterocycles. The molecule has 66 valence electrons. The van der Waals surface area contributed by atoms with E-state index < -0.39 is 0 Å². The van der Waals surface area contributed by atoms with Crippen LogP contribution in [-0.4, -0.2) is 0 Å². The zero-order chi connectivity index (χ0) is 9.30.